The van der Waals surface area contributed by atoms with Gasteiger partial charge in [-0.1, -0.05) is 11.1 Å². The van der Waals surface area contributed by atoms with Crippen molar-refractivity contribution in [2.45, 2.75) is 32.4 Å². The summed E-state index contributed by atoms with van der Waals surface area (Å²) in [7, 11) is 0. The Balaban J connectivity index is 1.98. The normalized spacial score (nSPS) is 11.2. The first-order chi connectivity index (χ1) is 10.7. The monoisotopic (exact) mass is 299 g/mol. The highest BCUT2D eigenvalue weighted by Gasteiger charge is 2.10. The fraction of sp³-hybridized carbons (Fsp3) is 0.375. The van der Waals surface area contributed by atoms with E-state index in [-0.39, 0.29) is 6.61 Å². The average molecular weight is 299 g/mol. The van der Waals surface area contributed by atoms with Crippen LogP contribution in [0.25, 0.3) is 0 Å². The van der Waals surface area contributed by atoms with E-state index in [1.165, 1.54) is 0 Å². The van der Waals surface area contributed by atoms with Crippen molar-refractivity contribution in [3.05, 3.63) is 35.7 Å². The van der Waals surface area contributed by atoms with Crippen molar-refractivity contribution < 1.29 is 14.7 Å². The van der Waals surface area contributed by atoms with E-state index in [0.717, 1.165) is 0 Å². The van der Waals surface area contributed by atoms with Gasteiger partial charge in [-0.15, -0.1) is 0 Å². The molecule has 1 unspecified atom stereocenters. The summed E-state index contributed by atoms with van der Waals surface area (Å²) in [5.74, 6) is 12.0. The van der Waals surface area contributed by atoms with Gasteiger partial charge in [-0.25, -0.2) is 4.98 Å². The van der Waals surface area contributed by atoms with E-state index >= 15 is 0 Å². The molecule has 0 aliphatic heterocycles. The third kappa shape index (κ3) is 4.49. The van der Waals surface area contributed by atoms with Gasteiger partial charge in [-0.2, -0.15) is 0 Å². The van der Waals surface area contributed by atoms with Crippen LogP contribution in [-0.2, 0) is 6.54 Å². The maximum atomic E-state index is 9.60. The van der Waals surface area contributed by atoms with Crippen LogP contribution in [-0.4, -0.2) is 31.5 Å². The van der Waals surface area contributed by atoms with Crippen LogP contribution in [0, 0.1) is 23.7 Å². The molecule has 2 heterocycles. The summed E-state index contributed by atoms with van der Waals surface area (Å²) < 4.78 is 6.91. The molecule has 0 radical (unpaired) electrons. The fourth-order valence-electron chi connectivity index (χ4n) is 1.81. The molecule has 1 atom stereocenters. The summed E-state index contributed by atoms with van der Waals surface area (Å²) in [4.78, 5) is 4.09. The predicted molar refractivity (Wildman–Crippen MR) is 79.4 cm³/mol. The molecule has 2 aromatic rings. The van der Waals surface area contributed by atoms with Gasteiger partial charge in [0.05, 0.1) is 6.54 Å². The molecule has 0 fully saturated rings. The Kier molecular flexibility index (Phi) is 5.79. The molecular formula is C16H17N3O3. The Morgan fingerprint density at radius 2 is 2.27 bits per heavy atom. The number of hydrogen-bond acceptors (Lipinski definition) is 5. The Hall–Kier alpha value is -2.54. The van der Waals surface area contributed by atoms with E-state index in [0.29, 0.717) is 36.7 Å². The summed E-state index contributed by atoms with van der Waals surface area (Å²) in [6, 6.07) is 1.73. The van der Waals surface area contributed by atoms with E-state index in [4.69, 9.17) is 9.63 Å². The first-order valence-electron chi connectivity index (χ1n) is 6.95. The number of hydrogen-bond donors (Lipinski definition) is 2. The summed E-state index contributed by atoms with van der Waals surface area (Å²) in [5, 5.41) is 22.1. The van der Waals surface area contributed by atoms with E-state index in [1.54, 1.807) is 30.0 Å². The summed E-state index contributed by atoms with van der Waals surface area (Å²) >= 11 is 0. The first kappa shape index (κ1) is 15.8. The molecule has 22 heavy (non-hydrogen) atoms. The number of rotatable bonds is 5. The van der Waals surface area contributed by atoms with E-state index in [9.17, 15) is 5.11 Å². The zero-order chi connectivity index (χ0) is 15.8. The van der Waals surface area contributed by atoms with Gasteiger partial charge in [0.1, 0.15) is 17.6 Å². The number of aromatic nitrogens is 3. The molecule has 0 aliphatic rings. The van der Waals surface area contributed by atoms with Crippen molar-refractivity contribution in [3.63, 3.8) is 0 Å². The highest BCUT2D eigenvalue weighted by atomic mass is 16.5. The highest BCUT2D eigenvalue weighted by molar-refractivity contribution is 5.34. The van der Waals surface area contributed by atoms with Gasteiger partial charge in [0.2, 0.25) is 5.76 Å². The molecule has 0 aliphatic carbocycles. The molecule has 0 spiro atoms. The predicted octanol–water partition coefficient (Wildman–Crippen LogP) is 1.10. The Morgan fingerprint density at radius 3 is 3.05 bits per heavy atom. The van der Waals surface area contributed by atoms with Crippen LogP contribution in [0.3, 0.4) is 0 Å². The quantitative estimate of drug-likeness (QED) is 0.638. The molecule has 114 valence electrons. The Labute approximate surface area is 128 Å². The van der Waals surface area contributed by atoms with Crippen LogP contribution in [0.4, 0.5) is 0 Å². The van der Waals surface area contributed by atoms with Crippen LogP contribution in [0.2, 0.25) is 0 Å². The van der Waals surface area contributed by atoms with E-state index in [2.05, 4.69) is 33.8 Å². The fourth-order valence-corrected chi connectivity index (χ4v) is 1.81. The third-order valence-corrected chi connectivity index (χ3v) is 2.81. The van der Waals surface area contributed by atoms with Crippen LogP contribution in [0.15, 0.2) is 23.0 Å². The molecule has 0 saturated carbocycles. The van der Waals surface area contributed by atoms with E-state index < -0.39 is 6.10 Å². The van der Waals surface area contributed by atoms with Crippen molar-refractivity contribution in [2.75, 3.05) is 6.61 Å². The summed E-state index contributed by atoms with van der Waals surface area (Å²) in [5.41, 5.74) is 0.692. The highest BCUT2D eigenvalue weighted by Crippen LogP contribution is 2.12. The molecule has 0 amide bonds. The van der Waals surface area contributed by atoms with Gasteiger partial charge in [-0.05, 0) is 31.1 Å². The molecule has 0 aromatic carbocycles. The number of imidazole rings is 1. The maximum absolute atomic E-state index is 9.60. The first-order valence-corrected chi connectivity index (χ1v) is 6.95. The number of aliphatic hydroxyl groups excluding tert-OH is 2. The lowest BCUT2D eigenvalue weighted by atomic mass is 10.3. The molecular weight excluding hydrogens is 282 g/mol. The second-order valence-corrected chi connectivity index (χ2v) is 4.65. The smallest absolute Gasteiger partial charge is 0.210 e. The topological polar surface area (TPSA) is 84.3 Å². The zero-order valence-corrected chi connectivity index (χ0v) is 12.3. The SMILES string of the molecule is CC(O)c1nccn1Cc1cc(C#CC#CCCCO)on1. The van der Waals surface area contributed by atoms with Gasteiger partial charge in [0.15, 0.2) is 0 Å². The number of unbranched alkanes of at least 4 members (excludes halogenated alkanes) is 1. The molecule has 6 nitrogen and oxygen atoms in total. The van der Waals surface area contributed by atoms with Crippen LogP contribution < -0.4 is 0 Å². The zero-order valence-electron chi connectivity index (χ0n) is 12.3. The van der Waals surface area contributed by atoms with Gasteiger partial charge >= 0.3 is 0 Å². The van der Waals surface area contributed by atoms with Crippen molar-refractivity contribution in [2.24, 2.45) is 0 Å². The third-order valence-electron chi connectivity index (χ3n) is 2.81. The number of aliphatic hydroxyl groups is 2. The minimum Gasteiger partial charge on any atom is -0.396 e. The van der Waals surface area contributed by atoms with Gasteiger partial charge in [-0.3, -0.25) is 0 Å². The minimum absolute atomic E-state index is 0.135. The van der Waals surface area contributed by atoms with Crippen molar-refractivity contribution in [1.82, 2.24) is 14.7 Å². The lowest BCUT2D eigenvalue weighted by Crippen LogP contribution is -2.07. The second kappa shape index (κ2) is 8.04. The summed E-state index contributed by atoms with van der Waals surface area (Å²) in [6.45, 7) is 2.25. The maximum Gasteiger partial charge on any atom is 0.210 e. The lowest BCUT2D eigenvalue weighted by Gasteiger charge is -2.07. The van der Waals surface area contributed by atoms with Crippen LogP contribution in [0.5, 0.6) is 0 Å². The van der Waals surface area contributed by atoms with Crippen molar-refractivity contribution in [3.8, 4) is 23.7 Å². The average Bonchev–Trinajstić information content (AvgIpc) is 3.12. The van der Waals surface area contributed by atoms with Gasteiger partial charge < -0.3 is 19.3 Å². The van der Waals surface area contributed by atoms with Gasteiger partial charge in [0, 0.05) is 31.5 Å². The molecule has 6 heteroatoms. The van der Waals surface area contributed by atoms with Crippen LogP contribution in [0.1, 0.15) is 43.1 Å². The lowest BCUT2D eigenvalue weighted by molar-refractivity contribution is 0.184. The van der Waals surface area contributed by atoms with E-state index in [1.807, 2.05) is 0 Å². The second-order valence-electron chi connectivity index (χ2n) is 4.65. The molecule has 0 bridgehead atoms. The number of nitrogens with zero attached hydrogens (tertiary/aromatic N) is 3. The molecule has 2 aromatic heterocycles. The van der Waals surface area contributed by atoms with Crippen molar-refractivity contribution in [1.29, 1.82) is 0 Å². The molecule has 0 saturated heterocycles. The Bertz CT molecular complexity index is 723. The van der Waals surface area contributed by atoms with Crippen molar-refractivity contribution >= 4 is 0 Å². The molecule has 2 rings (SSSR count). The summed E-state index contributed by atoms with van der Waals surface area (Å²) in [6.07, 6.45) is 4.03. The Morgan fingerprint density at radius 1 is 1.41 bits per heavy atom. The minimum atomic E-state index is -0.643. The molecule has 2 N–H and O–H groups in total. The van der Waals surface area contributed by atoms with Crippen LogP contribution >= 0.6 is 0 Å². The largest absolute Gasteiger partial charge is 0.396 e. The standard InChI is InChI=1S/C16H17N3O3/c1-13(21)16-17-8-9-19(16)12-14-11-15(22-18-14)7-5-3-2-4-6-10-20/h8-9,11,13,20-21H,4,6,10,12H2,1H3. The van der Waals surface area contributed by atoms with Gasteiger partial charge in [0.25, 0.3) is 0 Å².